The van der Waals surface area contributed by atoms with Gasteiger partial charge in [0.25, 0.3) is 0 Å². The fourth-order valence-electron chi connectivity index (χ4n) is 2.69. The number of pyridine rings is 1. The largest absolute Gasteiger partial charge is 0.468 e. The third-order valence-corrected chi connectivity index (χ3v) is 3.85. The van der Waals surface area contributed by atoms with E-state index in [1.165, 1.54) is 6.20 Å². The van der Waals surface area contributed by atoms with Gasteiger partial charge in [0.2, 0.25) is 11.8 Å². The third-order valence-electron chi connectivity index (χ3n) is 3.85. The Labute approximate surface area is 138 Å². The van der Waals surface area contributed by atoms with Crippen molar-refractivity contribution in [3.63, 3.8) is 0 Å². The molecule has 1 saturated heterocycles. The number of carbonyl (C=O) groups excluding carboxylic acids is 1. The Balaban J connectivity index is 1.95. The second kappa shape index (κ2) is 8.32. The van der Waals surface area contributed by atoms with Gasteiger partial charge in [-0.1, -0.05) is 13.0 Å². The highest BCUT2D eigenvalue weighted by Crippen LogP contribution is 2.24. The number of amides is 1. The molecule has 1 fully saturated rings. The van der Waals surface area contributed by atoms with Gasteiger partial charge in [0.15, 0.2) is 6.61 Å². The van der Waals surface area contributed by atoms with Crippen LogP contribution >= 0.6 is 0 Å². The Morgan fingerprint density at radius 3 is 3.00 bits per heavy atom. The molecule has 24 heavy (non-hydrogen) atoms. The molecule has 1 N–H and O–H groups in total. The van der Waals surface area contributed by atoms with Gasteiger partial charge in [-0.2, -0.15) is 13.2 Å². The zero-order chi connectivity index (χ0) is 17.6. The van der Waals surface area contributed by atoms with Crippen LogP contribution in [0.3, 0.4) is 0 Å². The zero-order valence-electron chi connectivity index (χ0n) is 13.4. The van der Waals surface area contributed by atoms with Crippen LogP contribution in [-0.2, 0) is 16.1 Å². The first-order valence-electron chi connectivity index (χ1n) is 7.93. The highest BCUT2D eigenvalue weighted by Gasteiger charge is 2.31. The maximum atomic E-state index is 12.3. The smallest absolute Gasteiger partial charge is 0.422 e. The molecule has 0 radical (unpaired) electrons. The minimum Gasteiger partial charge on any atom is -0.468 e. The summed E-state index contributed by atoms with van der Waals surface area (Å²) in [7, 11) is 0. The van der Waals surface area contributed by atoms with E-state index in [4.69, 9.17) is 9.47 Å². The van der Waals surface area contributed by atoms with Crippen molar-refractivity contribution in [2.75, 3.05) is 13.2 Å². The van der Waals surface area contributed by atoms with Crippen molar-refractivity contribution in [3.05, 3.63) is 23.9 Å². The van der Waals surface area contributed by atoms with E-state index in [0.717, 1.165) is 19.3 Å². The Morgan fingerprint density at radius 1 is 1.50 bits per heavy atom. The number of carbonyl (C=O) groups is 1. The molecule has 2 atom stereocenters. The van der Waals surface area contributed by atoms with Crippen LogP contribution in [0.4, 0.5) is 13.2 Å². The van der Waals surface area contributed by atoms with Crippen LogP contribution in [0, 0.1) is 5.92 Å². The molecule has 8 heteroatoms. The van der Waals surface area contributed by atoms with Crippen LogP contribution in [0.15, 0.2) is 18.3 Å². The van der Waals surface area contributed by atoms with Crippen LogP contribution in [0.1, 0.15) is 31.7 Å². The summed E-state index contributed by atoms with van der Waals surface area (Å²) in [6, 6.07) is 3.16. The van der Waals surface area contributed by atoms with Crippen molar-refractivity contribution in [2.24, 2.45) is 5.92 Å². The summed E-state index contributed by atoms with van der Waals surface area (Å²) >= 11 is 0. The quantitative estimate of drug-likeness (QED) is 0.860. The predicted molar refractivity (Wildman–Crippen MR) is 80.4 cm³/mol. The van der Waals surface area contributed by atoms with Crippen molar-refractivity contribution < 1.29 is 27.4 Å². The first kappa shape index (κ1) is 18.5. The normalized spacial score (nSPS) is 21.3. The van der Waals surface area contributed by atoms with Gasteiger partial charge in [-0.15, -0.1) is 0 Å². The Bertz CT molecular complexity index is 552. The third kappa shape index (κ3) is 5.36. The molecule has 1 aliphatic heterocycles. The number of halogens is 3. The molecule has 2 heterocycles. The molecule has 5 nitrogen and oxygen atoms in total. The number of ether oxygens (including phenoxy) is 2. The Hall–Kier alpha value is -1.83. The highest BCUT2D eigenvalue weighted by molar-refractivity contribution is 5.79. The summed E-state index contributed by atoms with van der Waals surface area (Å²) in [5.41, 5.74) is 0.403. The lowest BCUT2D eigenvalue weighted by atomic mass is 9.92. The van der Waals surface area contributed by atoms with E-state index in [1.807, 2.05) is 6.92 Å². The second-order valence-electron chi connectivity index (χ2n) is 5.66. The second-order valence-corrected chi connectivity index (χ2v) is 5.66. The summed E-state index contributed by atoms with van der Waals surface area (Å²) in [4.78, 5) is 16.1. The molecular formula is C16H21F3N2O3. The summed E-state index contributed by atoms with van der Waals surface area (Å²) in [6.45, 7) is 1.26. The number of rotatable bonds is 6. The summed E-state index contributed by atoms with van der Waals surface area (Å²) in [6.07, 6.45) is -0.903. The minimum atomic E-state index is -4.44. The van der Waals surface area contributed by atoms with E-state index < -0.39 is 12.8 Å². The first-order chi connectivity index (χ1) is 11.4. The molecule has 134 valence electrons. The average molecular weight is 346 g/mol. The zero-order valence-corrected chi connectivity index (χ0v) is 13.4. The van der Waals surface area contributed by atoms with Crippen LogP contribution in [0.2, 0.25) is 0 Å². The van der Waals surface area contributed by atoms with Crippen molar-refractivity contribution in [3.8, 4) is 5.88 Å². The van der Waals surface area contributed by atoms with E-state index in [0.29, 0.717) is 12.2 Å². The Kier molecular flexibility index (Phi) is 6.42. The summed E-state index contributed by atoms with van der Waals surface area (Å²) in [5, 5.41) is 2.75. The molecule has 0 bridgehead atoms. The van der Waals surface area contributed by atoms with E-state index in [2.05, 4.69) is 10.3 Å². The molecule has 0 aliphatic carbocycles. The van der Waals surface area contributed by atoms with Crippen molar-refractivity contribution in [1.29, 1.82) is 0 Å². The number of nitrogens with zero attached hydrogens (tertiary/aromatic N) is 1. The number of hydrogen-bond donors (Lipinski definition) is 1. The predicted octanol–water partition coefficient (Wildman–Crippen LogP) is 2.84. The van der Waals surface area contributed by atoms with E-state index in [1.54, 1.807) is 12.1 Å². The SMILES string of the molecule is CCC1OCCCC1C(=O)NCc1cccnc1OCC(F)(F)F. The number of hydrogen-bond acceptors (Lipinski definition) is 4. The lowest BCUT2D eigenvalue weighted by Gasteiger charge is -2.30. The average Bonchev–Trinajstić information content (AvgIpc) is 2.57. The van der Waals surface area contributed by atoms with Gasteiger partial charge < -0.3 is 14.8 Å². The van der Waals surface area contributed by atoms with Gasteiger partial charge in [-0.3, -0.25) is 4.79 Å². The van der Waals surface area contributed by atoms with Crippen molar-refractivity contribution in [2.45, 2.75) is 45.0 Å². The molecule has 2 rings (SSSR count). The molecule has 0 aromatic carbocycles. The lowest BCUT2D eigenvalue weighted by Crippen LogP contribution is -2.41. The fraction of sp³-hybridized carbons (Fsp3) is 0.625. The molecule has 1 aliphatic rings. The maximum absolute atomic E-state index is 12.3. The van der Waals surface area contributed by atoms with Crippen LogP contribution in [0.5, 0.6) is 5.88 Å². The minimum absolute atomic E-state index is 0.0623. The van der Waals surface area contributed by atoms with Gasteiger partial charge >= 0.3 is 6.18 Å². The first-order valence-corrected chi connectivity index (χ1v) is 7.93. The number of alkyl halides is 3. The summed E-state index contributed by atoms with van der Waals surface area (Å²) in [5.74, 6) is -0.519. The van der Waals surface area contributed by atoms with Gasteiger partial charge in [0.1, 0.15) is 0 Å². The standard InChI is InChI=1S/C16H21F3N2O3/c1-2-13-12(6-4-8-23-13)14(22)21-9-11-5-3-7-20-15(11)24-10-16(17,18)19/h3,5,7,12-13H,2,4,6,8-10H2,1H3,(H,21,22). The molecule has 0 spiro atoms. The topological polar surface area (TPSA) is 60.5 Å². The van der Waals surface area contributed by atoms with Gasteiger partial charge in [-0.05, 0) is 25.3 Å². The van der Waals surface area contributed by atoms with E-state index in [9.17, 15) is 18.0 Å². The fourth-order valence-corrected chi connectivity index (χ4v) is 2.69. The van der Waals surface area contributed by atoms with Crippen LogP contribution in [-0.4, -0.2) is 36.4 Å². The van der Waals surface area contributed by atoms with Crippen molar-refractivity contribution in [1.82, 2.24) is 10.3 Å². The van der Waals surface area contributed by atoms with Crippen LogP contribution < -0.4 is 10.1 Å². The van der Waals surface area contributed by atoms with E-state index >= 15 is 0 Å². The summed E-state index contributed by atoms with van der Waals surface area (Å²) < 4.78 is 47.1. The molecule has 1 aromatic rings. The molecule has 1 aromatic heterocycles. The Morgan fingerprint density at radius 2 is 2.29 bits per heavy atom. The molecule has 0 saturated carbocycles. The van der Waals surface area contributed by atoms with Gasteiger partial charge in [0, 0.05) is 24.9 Å². The highest BCUT2D eigenvalue weighted by atomic mass is 19.4. The van der Waals surface area contributed by atoms with Gasteiger partial charge in [-0.25, -0.2) is 4.98 Å². The lowest BCUT2D eigenvalue weighted by molar-refractivity contribution is -0.154. The number of nitrogens with one attached hydrogen (secondary N) is 1. The number of aromatic nitrogens is 1. The molecule has 2 unspecified atom stereocenters. The molecular weight excluding hydrogens is 325 g/mol. The molecule has 1 amide bonds. The van der Waals surface area contributed by atoms with E-state index in [-0.39, 0.29) is 30.4 Å². The monoisotopic (exact) mass is 346 g/mol. The van der Waals surface area contributed by atoms with Crippen LogP contribution in [0.25, 0.3) is 0 Å². The maximum Gasteiger partial charge on any atom is 0.422 e. The van der Waals surface area contributed by atoms with Gasteiger partial charge in [0.05, 0.1) is 12.0 Å². The van der Waals surface area contributed by atoms with Crippen molar-refractivity contribution >= 4 is 5.91 Å².